The van der Waals surface area contributed by atoms with Crippen molar-refractivity contribution in [3.8, 4) is 17.4 Å². The Kier molecular flexibility index (Phi) is 4.00. The molecule has 0 saturated heterocycles. The highest BCUT2D eigenvalue weighted by Crippen LogP contribution is 2.38. The van der Waals surface area contributed by atoms with E-state index < -0.39 is 12.2 Å². The number of nitrogens with two attached hydrogens (primary N) is 1. The van der Waals surface area contributed by atoms with Crippen LogP contribution in [-0.2, 0) is 6.54 Å². The van der Waals surface area contributed by atoms with Gasteiger partial charge < -0.3 is 19.9 Å². The summed E-state index contributed by atoms with van der Waals surface area (Å²) in [5, 5.41) is 0. The van der Waals surface area contributed by atoms with Crippen LogP contribution in [0.4, 0.5) is 13.2 Å². The molecule has 1 aromatic rings. The third kappa shape index (κ3) is 3.38. The first kappa shape index (κ1) is 13.4. The molecular formula is C9H11F3N2O3. The Hall–Kier alpha value is -1.70. The van der Waals surface area contributed by atoms with Crippen LogP contribution >= 0.6 is 0 Å². The topological polar surface area (TPSA) is 66.6 Å². The predicted octanol–water partition coefficient (Wildman–Crippen LogP) is 1.46. The summed E-state index contributed by atoms with van der Waals surface area (Å²) in [6, 6.07) is 1.38. The van der Waals surface area contributed by atoms with Gasteiger partial charge in [-0.05, 0) is 0 Å². The first-order valence-corrected chi connectivity index (χ1v) is 4.49. The molecule has 5 nitrogen and oxygen atoms in total. The standard InChI is InChI=1S/C9H11F3N2O3/c1-15-6-3-5(4-13)14-8(7(6)16-2)17-9(10,11)12/h3H,4,13H2,1-2H3. The van der Waals surface area contributed by atoms with Crippen molar-refractivity contribution in [2.45, 2.75) is 12.9 Å². The maximum atomic E-state index is 12.1. The summed E-state index contributed by atoms with van der Waals surface area (Å²) in [5.41, 5.74) is 5.50. The number of halogens is 3. The van der Waals surface area contributed by atoms with E-state index in [9.17, 15) is 13.2 Å². The minimum atomic E-state index is -4.86. The zero-order valence-electron chi connectivity index (χ0n) is 9.17. The second kappa shape index (κ2) is 5.09. The van der Waals surface area contributed by atoms with Gasteiger partial charge in [0.1, 0.15) is 0 Å². The molecule has 17 heavy (non-hydrogen) atoms. The highest BCUT2D eigenvalue weighted by molar-refractivity contribution is 5.48. The lowest BCUT2D eigenvalue weighted by molar-refractivity contribution is -0.276. The van der Waals surface area contributed by atoms with Crippen molar-refractivity contribution in [1.29, 1.82) is 0 Å². The number of hydrogen-bond acceptors (Lipinski definition) is 5. The second-order valence-corrected chi connectivity index (χ2v) is 2.91. The molecule has 0 saturated carbocycles. The van der Waals surface area contributed by atoms with Gasteiger partial charge >= 0.3 is 6.36 Å². The van der Waals surface area contributed by atoms with Crippen LogP contribution in [0.1, 0.15) is 5.69 Å². The van der Waals surface area contributed by atoms with E-state index in [2.05, 4.69) is 9.72 Å². The van der Waals surface area contributed by atoms with Crippen LogP contribution in [0.15, 0.2) is 6.07 Å². The smallest absolute Gasteiger partial charge is 0.493 e. The van der Waals surface area contributed by atoms with E-state index in [0.29, 0.717) is 0 Å². The molecule has 0 amide bonds. The van der Waals surface area contributed by atoms with Crippen molar-refractivity contribution in [1.82, 2.24) is 4.98 Å². The summed E-state index contributed by atoms with van der Waals surface area (Å²) in [6.45, 7) is -0.0471. The molecule has 0 fully saturated rings. The highest BCUT2D eigenvalue weighted by atomic mass is 19.4. The van der Waals surface area contributed by atoms with Crippen LogP contribution in [-0.4, -0.2) is 25.6 Å². The maximum Gasteiger partial charge on any atom is 0.574 e. The SMILES string of the molecule is COc1cc(CN)nc(OC(F)(F)F)c1OC. The highest BCUT2D eigenvalue weighted by Gasteiger charge is 2.34. The molecule has 1 rings (SSSR count). The normalized spacial score (nSPS) is 11.2. The average Bonchev–Trinajstić information content (AvgIpc) is 2.25. The van der Waals surface area contributed by atoms with E-state index >= 15 is 0 Å². The summed E-state index contributed by atoms with van der Waals surface area (Å²) in [4.78, 5) is 3.58. The van der Waals surface area contributed by atoms with Gasteiger partial charge in [0.25, 0.3) is 5.88 Å². The molecule has 0 aliphatic rings. The van der Waals surface area contributed by atoms with Crippen LogP contribution in [0.25, 0.3) is 0 Å². The number of nitrogens with zero attached hydrogens (tertiary/aromatic N) is 1. The van der Waals surface area contributed by atoms with Crippen LogP contribution < -0.4 is 19.9 Å². The first-order chi connectivity index (χ1) is 7.91. The van der Waals surface area contributed by atoms with Gasteiger partial charge in [0.2, 0.25) is 5.75 Å². The first-order valence-electron chi connectivity index (χ1n) is 4.49. The van der Waals surface area contributed by atoms with Crippen molar-refractivity contribution in [2.75, 3.05) is 14.2 Å². The largest absolute Gasteiger partial charge is 0.574 e. The number of ether oxygens (including phenoxy) is 3. The Labute approximate surface area is 95.3 Å². The summed E-state index contributed by atoms with van der Waals surface area (Å²) < 4.78 is 49.8. The van der Waals surface area contributed by atoms with Gasteiger partial charge in [0, 0.05) is 12.6 Å². The monoisotopic (exact) mass is 252 g/mol. The molecule has 96 valence electrons. The van der Waals surface area contributed by atoms with E-state index in [0.717, 1.165) is 0 Å². The number of hydrogen-bond donors (Lipinski definition) is 1. The molecule has 0 aromatic carbocycles. The zero-order valence-corrected chi connectivity index (χ0v) is 9.17. The molecule has 0 unspecified atom stereocenters. The second-order valence-electron chi connectivity index (χ2n) is 2.91. The summed E-state index contributed by atoms with van der Waals surface area (Å²) >= 11 is 0. The van der Waals surface area contributed by atoms with E-state index in [-0.39, 0.29) is 23.7 Å². The molecule has 1 heterocycles. The Balaban J connectivity index is 3.24. The number of methoxy groups -OCH3 is 2. The Morgan fingerprint density at radius 2 is 1.94 bits per heavy atom. The molecule has 0 radical (unpaired) electrons. The lowest BCUT2D eigenvalue weighted by Gasteiger charge is -2.15. The Morgan fingerprint density at radius 3 is 2.35 bits per heavy atom. The Morgan fingerprint density at radius 1 is 1.29 bits per heavy atom. The number of aromatic nitrogens is 1. The summed E-state index contributed by atoms with van der Waals surface area (Å²) in [6.07, 6.45) is -4.86. The molecule has 8 heteroatoms. The average molecular weight is 252 g/mol. The fraction of sp³-hybridized carbons (Fsp3) is 0.444. The lowest BCUT2D eigenvalue weighted by Crippen LogP contribution is -2.19. The van der Waals surface area contributed by atoms with Crippen LogP contribution in [0.3, 0.4) is 0 Å². The predicted molar refractivity (Wildman–Crippen MR) is 51.9 cm³/mol. The van der Waals surface area contributed by atoms with Crippen LogP contribution in [0.5, 0.6) is 17.4 Å². The number of rotatable bonds is 4. The van der Waals surface area contributed by atoms with E-state index in [1.165, 1.54) is 20.3 Å². The van der Waals surface area contributed by atoms with Gasteiger partial charge in [-0.1, -0.05) is 0 Å². The maximum absolute atomic E-state index is 12.1. The van der Waals surface area contributed by atoms with E-state index in [1.54, 1.807) is 0 Å². The molecule has 0 atom stereocenters. The number of alkyl halides is 3. The van der Waals surface area contributed by atoms with Gasteiger partial charge in [-0.3, -0.25) is 0 Å². The quantitative estimate of drug-likeness (QED) is 0.878. The van der Waals surface area contributed by atoms with Gasteiger partial charge in [-0.2, -0.15) is 0 Å². The van der Waals surface area contributed by atoms with Gasteiger partial charge in [-0.25, -0.2) is 4.98 Å². The fourth-order valence-corrected chi connectivity index (χ4v) is 1.16. The molecule has 0 aliphatic carbocycles. The summed E-state index contributed by atoms with van der Waals surface area (Å²) in [7, 11) is 2.47. The van der Waals surface area contributed by atoms with Gasteiger partial charge in [-0.15, -0.1) is 13.2 Å². The van der Waals surface area contributed by atoms with Crippen LogP contribution in [0, 0.1) is 0 Å². The Bertz CT molecular complexity index is 396. The van der Waals surface area contributed by atoms with Crippen molar-refractivity contribution in [3.05, 3.63) is 11.8 Å². The molecule has 2 N–H and O–H groups in total. The number of pyridine rings is 1. The molecule has 0 bridgehead atoms. The zero-order chi connectivity index (χ0) is 13.1. The minimum absolute atomic E-state index is 0.0471. The van der Waals surface area contributed by atoms with E-state index in [1.807, 2.05) is 0 Å². The van der Waals surface area contributed by atoms with Crippen molar-refractivity contribution < 1.29 is 27.4 Å². The van der Waals surface area contributed by atoms with Crippen molar-refractivity contribution >= 4 is 0 Å². The molecule has 0 aliphatic heterocycles. The molecule has 1 aromatic heterocycles. The van der Waals surface area contributed by atoms with Crippen LogP contribution in [0.2, 0.25) is 0 Å². The molecular weight excluding hydrogens is 241 g/mol. The van der Waals surface area contributed by atoms with E-state index in [4.69, 9.17) is 15.2 Å². The third-order valence-corrected chi connectivity index (χ3v) is 1.81. The van der Waals surface area contributed by atoms with Gasteiger partial charge in [0.05, 0.1) is 19.9 Å². The van der Waals surface area contributed by atoms with Crippen molar-refractivity contribution in [2.24, 2.45) is 5.73 Å². The third-order valence-electron chi connectivity index (χ3n) is 1.81. The minimum Gasteiger partial charge on any atom is -0.493 e. The van der Waals surface area contributed by atoms with Crippen molar-refractivity contribution in [3.63, 3.8) is 0 Å². The van der Waals surface area contributed by atoms with Gasteiger partial charge in [0.15, 0.2) is 5.75 Å². The lowest BCUT2D eigenvalue weighted by atomic mass is 10.3. The fourth-order valence-electron chi connectivity index (χ4n) is 1.16. The summed E-state index contributed by atoms with van der Waals surface area (Å²) in [5.74, 6) is -0.885. The molecule has 0 spiro atoms.